The van der Waals surface area contributed by atoms with Crippen LogP contribution in [0.25, 0.3) is 0 Å². The van der Waals surface area contributed by atoms with Gasteiger partial charge in [0.15, 0.2) is 0 Å². The van der Waals surface area contributed by atoms with Crippen molar-refractivity contribution in [3.05, 3.63) is 0 Å². The molecule has 1 aliphatic heterocycles. The number of hydrogen-bond donors (Lipinski definition) is 2. The van der Waals surface area contributed by atoms with Crippen LogP contribution >= 0.6 is 0 Å². The van der Waals surface area contributed by atoms with Crippen molar-refractivity contribution in [1.29, 1.82) is 0 Å². The monoisotopic (exact) mass is 184 g/mol. The van der Waals surface area contributed by atoms with Crippen molar-refractivity contribution in [2.75, 3.05) is 13.1 Å². The van der Waals surface area contributed by atoms with Crippen LogP contribution in [0.4, 0.5) is 0 Å². The Bertz CT molecular complexity index is 130. The van der Waals surface area contributed by atoms with E-state index in [1.54, 1.807) is 0 Å². The fourth-order valence-electron chi connectivity index (χ4n) is 2.01. The topological polar surface area (TPSA) is 24.1 Å². The summed E-state index contributed by atoms with van der Waals surface area (Å²) in [6.45, 7) is 9.25. The number of hydrogen-bond acceptors (Lipinski definition) is 2. The second-order valence-corrected chi connectivity index (χ2v) is 4.37. The van der Waals surface area contributed by atoms with Gasteiger partial charge in [-0.15, -0.1) is 0 Å². The van der Waals surface area contributed by atoms with Crippen molar-refractivity contribution >= 4 is 0 Å². The first kappa shape index (κ1) is 11.0. The second-order valence-electron chi connectivity index (χ2n) is 4.37. The van der Waals surface area contributed by atoms with Crippen LogP contribution in [0.5, 0.6) is 0 Å². The summed E-state index contributed by atoms with van der Waals surface area (Å²) in [5.74, 6) is 0.836. The van der Waals surface area contributed by atoms with Crippen molar-refractivity contribution in [2.24, 2.45) is 5.92 Å². The lowest BCUT2D eigenvalue weighted by Gasteiger charge is -2.30. The van der Waals surface area contributed by atoms with E-state index in [9.17, 15) is 0 Å². The molecule has 0 aromatic carbocycles. The van der Waals surface area contributed by atoms with E-state index in [0.717, 1.165) is 5.92 Å². The average molecular weight is 184 g/mol. The molecule has 1 fully saturated rings. The van der Waals surface area contributed by atoms with E-state index in [1.807, 2.05) is 0 Å². The van der Waals surface area contributed by atoms with Gasteiger partial charge in [0.25, 0.3) is 0 Å². The van der Waals surface area contributed by atoms with Gasteiger partial charge in [0, 0.05) is 12.1 Å². The van der Waals surface area contributed by atoms with E-state index in [0.29, 0.717) is 12.1 Å². The largest absolute Gasteiger partial charge is 0.316 e. The zero-order chi connectivity index (χ0) is 9.68. The zero-order valence-electron chi connectivity index (χ0n) is 9.27. The standard InChI is InChI=1S/C11H24N2/c1-4-9(2)13-10(3)11-6-5-7-12-8-11/h9-13H,4-8H2,1-3H3. The van der Waals surface area contributed by atoms with Crippen LogP contribution in [-0.2, 0) is 0 Å². The molecule has 3 atom stereocenters. The highest BCUT2D eigenvalue weighted by Gasteiger charge is 2.20. The van der Waals surface area contributed by atoms with Crippen LogP contribution in [-0.4, -0.2) is 25.2 Å². The van der Waals surface area contributed by atoms with Gasteiger partial charge in [0.05, 0.1) is 0 Å². The molecular formula is C11H24N2. The highest BCUT2D eigenvalue weighted by Crippen LogP contribution is 2.14. The van der Waals surface area contributed by atoms with Gasteiger partial charge in [-0.2, -0.15) is 0 Å². The van der Waals surface area contributed by atoms with Gasteiger partial charge in [-0.25, -0.2) is 0 Å². The van der Waals surface area contributed by atoms with Crippen LogP contribution in [0.2, 0.25) is 0 Å². The first-order valence-electron chi connectivity index (χ1n) is 5.70. The van der Waals surface area contributed by atoms with Crippen LogP contribution in [0, 0.1) is 5.92 Å². The SMILES string of the molecule is CCC(C)NC(C)C1CCCNC1. The van der Waals surface area contributed by atoms with Crippen LogP contribution < -0.4 is 10.6 Å². The Morgan fingerprint density at radius 2 is 2.23 bits per heavy atom. The van der Waals surface area contributed by atoms with E-state index >= 15 is 0 Å². The first-order chi connectivity index (χ1) is 6.24. The summed E-state index contributed by atoms with van der Waals surface area (Å²) in [5, 5.41) is 7.13. The molecule has 2 heteroatoms. The summed E-state index contributed by atoms with van der Waals surface area (Å²) in [5.41, 5.74) is 0. The highest BCUT2D eigenvalue weighted by atomic mass is 15.0. The van der Waals surface area contributed by atoms with Crippen LogP contribution in [0.1, 0.15) is 40.0 Å². The molecule has 0 spiro atoms. The molecule has 0 saturated carbocycles. The minimum Gasteiger partial charge on any atom is -0.316 e. The Balaban J connectivity index is 2.24. The molecular weight excluding hydrogens is 160 g/mol. The van der Waals surface area contributed by atoms with Gasteiger partial charge in [0.2, 0.25) is 0 Å². The second kappa shape index (κ2) is 5.61. The number of nitrogens with one attached hydrogen (secondary N) is 2. The maximum atomic E-state index is 3.66. The molecule has 78 valence electrons. The predicted octanol–water partition coefficient (Wildman–Crippen LogP) is 1.76. The third-order valence-electron chi connectivity index (χ3n) is 3.20. The lowest BCUT2D eigenvalue weighted by molar-refractivity contribution is 0.280. The molecule has 0 aliphatic carbocycles. The summed E-state index contributed by atoms with van der Waals surface area (Å²) < 4.78 is 0. The Morgan fingerprint density at radius 3 is 2.77 bits per heavy atom. The zero-order valence-corrected chi connectivity index (χ0v) is 9.27. The van der Waals surface area contributed by atoms with Crippen molar-refractivity contribution < 1.29 is 0 Å². The van der Waals surface area contributed by atoms with Crippen molar-refractivity contribution in [2.45, 2.75) is 52.1 Å². The number of rotatable bonds is 4. The minimum absolute atomic E-state index is 0.664. The molecule has 0 aromatic heterocycles. The third-order valence-corrected chi connectivity index (χ3v) is 3.20. The number of piperidine rings is 1. The fraction of sp³-hybridized carbons (Fsp3) is 1.00. The molecule has 0 amide bonds. The van der Waals surface area contributed by atoms with E-state index in [2.05, 4.69) is 31.4 Å². The smallest absolute Gasteiger partial charge is 0.00815 e. The normalized spacial score (nSPS) is 28.4. The highest BCUT2D eigenvalue weighted by molar-refractivity contribution is 4.79. The maximum absolute atomic E-state index is 3.66. The molecule has 1 heterocycles. The lowest BCUT2D eigenvalue weighted by Crippen LogP contribution is -2.45. The first-order valence-corrected chi connectivity index (χ1v) is 5.70. The Hall–Kier alpha value is -0.0800. The maximum Gasteiger partial charge on any atom is 0.00815 e. The van der Waals surface area contributed by atoms with E-state index in [4.69, 9.17) is 0 Å². The summed E-state index contributed by atoms with van der Waals surface area (Å²) in [6, 6.07) is 1.33. The van der Waals surface area contributed by atoms with Crippen LogP contribution in [0.15, 0.2) is 0 Å². The molecule has 2 N–H and O–H groups in total. The molecule has 1 saturated heterocycles. The van der Waals surface area contributed by atoms with Gasteiger partial charge in [0.1, 0.15) is 0 Å². The van der Waals surface area contributed by atoms with Gasteiger partial charge in [-0.1, -0.05) is 6.92 Å². The van der Waals surface area contributed by atoms with Crippen molar-refractivity contribution in [3.63, 3.8) is 0 Å². The predicted molar refractivity (Wildman–Crippen MR) is 57.9 cm³/mol. The molecule has 0 aromatic rings. The van der Waals surface area contributed by atoms with Gasteiger partial charge < -0.3 is 10.6 Å². The summed E-state index contributed by atoms with van der Waals surface area (Å²) in [6.07, 6.45) is 3.96. The summed E-state index contributed by atoms with van der Waals surface area (Å²) in [4.78, 5) is 0. The van der Waals surface area contributed by atoms with Crippen LogP contribution in [0.3, 0.4) is 0 Å². The summed E-state index contributed by atoms with van der Waals surface area (Å²) >= 11 is 0. The van der Waals surface area contributed by atoms with Crippen molar-refractivity contribution in [3.8, 4) is 0 Å². The average Bonchev–Trinajstić information content (AvgIpc) is 2.19. The molecule has 1 rings (SSSR count). The quantitative estimate of drug-likeness (QED) is 0.696. The Kier molecular flexibility index (Phi) is 4.74. The molecule has 1 aliphatic rings. The third kappa shape index (κ3) is 3.65. The van der Waals surface area contributed by atoms with Gasteiger partial charge >= 0.3 is 0 Å². The minimum atomic E-state index is 0.664. The lowest BCUT2D eigenvalue weighted by atomic mass is 9.92. The van der Waals surface area contributed by atoms with Gasteiger partial charge in [-0.05, 0) is 52.1 Å². The molecule has 3 unspecified atom stereocenters. The van der Waals surface area contributed by atoms with E-state index < -0.39 is 0 Å². The molecule has 2 nitrogen and oxygen atoms in total. The molecule has 13 heavy (non-hydrogen) atoms. The Morgan fingerprint density at radius 1 is 1.46 bits per heavy atom. The molecule has 0 bridgehead atoms. The van der Waals surface area contributed by atoms with Gasteiger partial charge in [-0.3, -0.25) is 0 Å². The van der Waals surface area contributed by atoms with E-state index in [-0.39, 0.29) is 0 Å². The van der Waals surface area contributed by atoms with E-state index in [1.165, 1.54) is 32.4 Å². The molecule has 0 radical (unpaired) electrons. The summed E-state index contributed by atoms with van der Waals surface area (Å²) in [7, 11) is 0. The Labute approximate surface area is 82.5 Å². The van der Waals surface area contributed by atoms with Crippen molar-refractivity contribution in [1.82, 2.24) is 10.6 Å². The fourth-order valence-corrected chi connectivity index (χ4v) is 2.01.